The van der Waals surface area contributed by atoms with Gasteiger partial charge in [-0.15, -0.1) is 0 Å². The number of rotatable bonds is 8. The zero-order valence-electron chi connectivity index (χ0n) is 18.8. The Balaban J connectivity index is 2.14. The highest BCUT2D eigenvalue weighted by Crippen LogP contribution is 2.18. The second-order valence-corrected chi connectivity index (χ2v) is 10.4. The standard InChI is InChI=1S/C23H31N3O4S/c1-15(2)26(16(3)4)23(28)19-8-7-9-21(14-19)24-22(27)18-10-12-20(13-11-18)25-31(29,30)17(5)6/h7-17,25H,1-6H3,(H,24,27). The van der Waals surface area contributed by atoms with E-state index in [4.69, 9.17) is 0 Å². The van der Waals surface area contributed by atoms with Crippen LogP contribution in [0.15, 0.2) is 48.5 Å². The van der Waals surface area contributed by atoms with Crippen molar-refractivity contribution in [1.82, 2.24) is 4.90 Å². The van der Waals surface area contributed by atoms with Crippen molar-refractivity contribution in [2.45, 2.75) is 58.9 Å². The van der Waals surface area contributed by atoms with Crippen LogP contribution in [0.5, 0.6) is 0 Å². The van der Waals surface area contributed by atoms with Gasteiger partial charge in [0, 0.05) is 34.6 Å². The van der Waals surface area contributed by atoms with E-state index in [0.717, 1.165) is 0 Å². The van der Waals surface area contributed by atoms with Crippen LogP contribution in [0.2, 0.25) is 0 Å². The zero-order chi connectivity index (χ0) is 23.3. The molecule has 0 heterocycles. The minimum absolute atomic E-state index is 0.0531. The van der Waals surface area contributed by atoms with Crippen molar-refractivity contribution in [3.63, 3.8) is 0 Å². The zero-order valence-corrected chi connectivity index (χ0v) is 19.7. The lowest BCUT2D eigenvalue weighted by Gasteiger charge is -2.31. The van der Waals surface area contributed by atoms with Crippen molar-refractivity contribution in [1.29, 1.82) is 0 Å². The Morgan fingerprint density at radius 1 is 0.806 bits per heavy atom. The Morgan fingerprint density at radius 2 is 1.39 bits per heavy atom. The lowest BCUT2D eigenvalue weighted by Crippen LogP contribution is -2.42. The summed E-state index contributed by atoms with van der Waals surface area (Å²) in [5, 5.41) is 2.23. The van der Waals surface area contributed by atoms with Gasteiger partial charge in [-0.3, -0.25) is 14.3 Å². The van der Waals surface area contributed by atoms with Crippen LogP contribution in [0.1, 0.15) is 62.3 Å². The second kappa shape index (κ2) is 9.96. The summed E-state index contributed by atoms with van der Waals surface area (Å²) in [7, 11) is -3.45. The average molecular weight is 446 g/mol. The molecule has 2 aromatic carbocycles. The third-order valence-electron chi connectivity index (χ3n) is 4.74. The van der Waals surface area contributed by atoms with E-state index < -0.39 is 15.3 Å². The molecule has 0 atom stereocenters. The molecule has 2 aromatic rings. The van der Waals surface area contributed by atoms with Gasteiger partial charge in [0.2, 0.25) is 10.0 Å². The monoisotopic (exact) mass is 445 g/mol. The fraction of sp³-hybridized carbons (Fsp3) is 0.391. The van der Waals surface area contributed by atoms with Gasteiger partial charge in [-0.2, -0.15) is 0 Å². The lowest BCUT2D eigenvalue weighted by molar-refractivity contribution is 0.0643. The smallest absolute Gasteiger partial charge is 0.255 e. The molecule has 0 fully saturated rings. The number of carbonyl (C=O) groups excluding carboxylic acids is 2. The molecule has 7 nitrogen and oxygen atoms in total. The summed E-state index contributed by atoms with van der Waals surface area (Å²) in [6, 6.07) is 13.1. The normalized spacial score (nSPS) is 11.6. The van der Waals surface area contributed by atoms with E-state index in [9.17, 15) is 18.0 Å². The van der Waals surface area contributed by atoms with Crippen molar-refractivity contribution in [2.24, 2.45) is 0 Å². The molecule has 0 unspecified atom stereocenters. The van der Waals surface area contributed by atoms with Crippen LogP contribution in [0, 0.1) is 0 Å². The molecule has 0 spiro atoms. The first-order valence-electron chi connectivity index (χ1n) is 10.3. The van der Waals surface area contributed by atoms with Gasteiger partial charge in [0.05, 0.1) is 5.25 Å². The number of carbonyl (C=O) groups is 2. The summed E-state index contributed by atoms with van der Waals surface area (Å²) in [6.45, 7) is 11.0. The first-order valence-corrected chi connectivity index (χ1v) is 11.8. The molecular weight excluding hydrogens is 414 g/mol. The topological polar surface area (TPSA) is 95.6 Å². The molecule has 0 radical (unpaired) electrons. The van der Waals surface area contributed by atoms with Gasteiger partial charge < -0.3 is 10.2 Å². The van der Waals surface area contributed by atoms with Crippen LogP contribution in [0.4, 0.5) is 11.4 Å². The Labute approximate surface area is 184 Å². The number of nitrogens with one attached hydrogen (secondary N) is 2. The van der Waals surface area contributed by atoms with Crippen molar-refractivity contribution in [3.05, 3.63) is 59.7 Å². The van der Waals surface area contributed by atoms with E-state index in [2.05, 4.69) is 10.0 Å². The molecule has 0 aliphatic rings. The molecule has 31 heavy (non-hydrogen) atoms. The van der Waals surface area contributed by atoms with E-state index in [1.165, 1.54) is 12.1 Å². The van der Waals surface area contributed by atoms with E-state index in [1.807, 2.05) is 27.7 Å². The maximum atomic E-state index is 12.9. The molecule has 0 bridgehead atoms. The van der Waals surface area contributed by atoms with Gasteiger partial charge in [0.25, 0.3) is 11.8 Å². The summed E-state index contributed by atoms with van der Waals surface area (Å²) in [4.78, 5) is 27.3. The third kappa shape index (κ3) is 6.30. The molecule has 168 valence electrons. The van der Waals surface area contributed by atoms with Gasteiger partial charge in [-0.1, -0.05) is 6.07 Å². The molecule has 8 heteroatoms. The van der Waals surface area contributed by atoms with Crippen LogP contribution in [0.25, 0.3) is 0 Å². The third-order valence-corrected chi connectivity index (χ3v) is 6.50. The first kappa shape index (κ1) is 24.4. The molecule has 2 amide bonds. The molecule has 2 N–H and O–H groups in total. The van der Waals surface area contributed by atoms with Gasteiger partial charge in [-0.25, -0.2) is 8.42 Å². The quantitative estimate of drug-likeness (QED) is 0.631. The van der Waals surface area contributed by atoms with Crippen LogP contribution in [0.3, 0.4) is 0 Å². The molecule has 0 aliphatic carbocycles. The fourth-order valence-electron chi connectivity index (χ4n) is 3.12. The number of hydrogen-bond acceptors (Lipinski definition) is 4. The van der Waals surface area contributed by atoms with E-state index in [0.29, 0.717) is 22.5 Å². The summed E-state index contributed by atoms with van der Waals surface area (Å²) >= 11 is 0. The number of hydrogen-bond donors (Lipinski definition) is 2. The summed E-state index contributed by atoms with van der Waals surface area (Å²) in [5.41, 5.74) is 1.77. The van der Waals surface area contributed by atoms with Crippen molar-refractivity contribution >= 4 is 33.2 Å². The number of benzene rings is 2. The van der Waals surface area contributed by atoms with Crippen LogP contribution in [-0.4, -0.2) is 42.5 Å². The number of sulfonamides is 1. The Morgan fingerprint density at radius 3 is 1.90 bits per heavy atom. The summed E-state index contributed by atoms with van der Waals surface area (Å²) in [5.74, 6) is -0.449. The van der Waals surface area contributed by atoms with Gasteiger partial charge in [0.15, 0.2) is 0 Å². The molecule has 0 aromatic heterocycles. The number of amides is 2. The van der Waals surface area contributed by atoms with Crippen molar-refractivity contribution in [2.75, 3.05) is 10.0 Å². The van der Waals surface area contributed by atoms with Gasteiger partial charge in [-0.05, 0) is 84.0 Å². The summed E-state index contributed by atoms with van der Waals surface area (Å²) in [6.07, 6.45) is 0. The first-order chi connectivity index (χ1) is 14.4. The van der Waals surface area contributed by atoms with E-state index in [1.54, 1.807) is 55.1 Å². The highest BCUT2D eigenvalue weighted by Gasteiger charge is 2.22. The largest absolute Gasteiger partial charge is 0.334 e. The van der Waals surface area contributed by atoms with Gasteiger partial charge in [0.1, 0.15) is 0 Å². The SMILES string of the molecule is CC(C)N(C(=O)c1cccc(NC(=O)c2ccc(NS(=O)(=O)C(C)C)cc2)c1)C(C)C. The van der Waals surface area contributed by atoms with Crippen molar-refractivity contribution < 1.29 is 18.0 Å². The fourth-order valence-corrected chi connectivity index (χ4v) is 3.82. The molecule has 2 rings (SSSR count). The Bertz CT molecular complexity index is 1020. The number of nitrogens with zero attached hydrogens (tertiary/aromatic N) is 1. The molecule has 0 saturated heterocycles. The average Bonchev–Trinajstić information content (AvgIpc) is 2.67. The minimum Gasteiger partial charge on any atom is -0.334 e. The summed E-state index contributed by atoms with van der Waals surface area (Å²) < 4.78 is 26.4. The van der Waals surface area contributed by atoms with Crippen LogP contribution < -0.4 is 10.0 Å². The number of anilines is 2. The molecule has 0 aliphatic heterocycles. The van der Waals surface area contributed by atoms with Gasteiger partial charge >= 0.3 is 0 Å². The minimum atomic E-state index is -3.45. The maximum absolute atomic E-state index is 12.9. The van der Waals surface area contributed by atoms with E-state index >= 15 is 0 Å². The molecular formula is C23H31N3O4S. The lowest BCUT2D eigenvalue weighted by atomic mass is 10.1. The Hall–Kier alpha value is -2.87. The predicted octanol–water partition coefficient (Wildman–Crippen LogP) is 4.35. The Kier molecular flexibility index (Phi) is 7.84. The maximum Gasteiger partial charge on any atom is 0.255 e. The highest BCUT2D eigenvalue weighted by molar-refractivity contribution is 7.93. The van der Waals surface area contributed by atoms with Crippen LogP contribution in [-0.2, 0) is 10.0 Å². The van der Waals surface area contributed by atoms with E-state index in [-0.39, 0.29) is 23.9 Å². The predicted molar refractivity (Wildman–Crippen MR) is 125 cm³/mol. The second-order valence-electron chi connectivity index (χ2n) is 8.21. The highest BCUT2D eigenvalue weighted by atomic mass is 32.2. The van der Waals surface area contributed by atoms with Crippen molar-refractivity contribution in [3.8, 4) is 0 Å². The van der Waals surface area contributed by atoms with Crippen LogP contribution >= 0.6 is 0 Å². The molecule has 0 saturated carbocycles.